The van der Waals surface area contributed by atoms with Gasteiger partial charge in [0.1, 0.15) is 11.6 Å². The summed E-state index contributed by atoms with van der Waals surface area (Å²) in [6.07, 6.45) is 5.17. The predicted octanol–water partition coefficient (Wildman–Crippen LogP) is 3.01. The third kappa shape index (κ3) is 2.67. The van der Waals surface area contributed by atoms with E-state index in [9.17, 15) is 0 Å². The van der Waals surface area contributed by atoms with Gasteiger partial charge in [-0.1, -0.05) is 0 Å². The number of nitrogens with one attached hydrogen (secondary N) is 1. The Bertz CT molecular complexity index is 945. The Hall–Kier alpha value is -3.35. The fourth-order valence-electron chi connectivity index (χ4n) is 2.41. The maximum atomic E-state index is 5.31. The van der Waals surface area contributed by atoms with E-state index in [1.165, 1.54) is 0 Å². The second kappa shape index (κ2) is 6.04. The number of rotatable bonds is 5. The van der Waals surface area contributed by atoms with Crippen molar-refractivity contribution >= 4 is 11.5 Å². The predicted molar refractivity (Wildman–Crippen MR) is 88.8 cm³/mol. The summed E-state index contributed by atoms with van der Waals surface area (Å²) in [5.41, 5.74) is 2.55. The molecular formula is C17H15N5O2. The second-order valence-electron chi connectivity index (χ2n) is 5.15. The zero-order valence-electron chi connectivity index (χ0n) is 13.0. The van der Waals surface area contributed by atoms with E-state index in [1.54, 1.807) is 30.3 Å². The fourth-order valence-corrected chi connectivity index (χ4v) is 2.41. The fraction of sp³-hybridized carbons (Fsp3) is 0.118. The number of imidazole rings is 1. The van der Waals surface area contributed by atoms with Crippen LogP contribution in [0.4, 0.5) is 5.82 Å². The van der Waals surface area contributed by atoms with Crippen molar-refractivity contribution in [3.63, 3.8) is 0 Å². The van der Waals surface area contributed by atoms with E-state index in [4.69, 9.17) is 9.15 Å². The Kier molecular flexibility index (Phi) is 3.59. The van der Waals surface area contributed by atoms with Crippen LogP contribution in [-0.2, 0) is 6.54 Å². The average Bonchev–Trinajstić information content (AvgIpc) is 3.29. The molecule has 0 amide bonds. The van der Waals surface area contributed by atoms with E-state index < -0.39 is 0 Å². The summed E-state index contributed by atoms with van der Waals surface area (Å²) in [5, 5.41) is 7.83. The van der Waals surface area contributed by atoms with Crippen LogP contribution in [-0.4, -0.2) is 26.7 Å². The van der Waals surface area contributed by atoms with Gasteiger partial charge in [0.2, 0.25) is 5.88 Å². The molecule has 0 fully saturated rings. The number of furan rings is 1. The molecule has 7 heteroatoms. The van der Waals surface area contributed by atoms with Crippen molar-refractivity contribution in [1.82, 2.24) is 19.6 Å². The third-order valence-electron chi connectivity index (χ3n) is 3.63. The zero-order chi connectivity index (χ0) is 16.4. The van der Waals surface area contributed by atoms with Gasteiger partial charge in [0.15, 0.2) is 5.65 Å². The number of hydrogen-bond donors (Lipinski definition) is 1. The van der Waals surface area contributed by atoms with Crippen LogP contribution in [0.2, 0.25) is 0 Å². The van der Waals surface area contributed by atoms with Gasteiger partial charge in [-0.05, 0) is 30.3 Å². The monoisotopic (exact) mass is 321 g/mol. The van der Waals surface area contributed by atoms with Crippen molar-refractivity contribution in [3.8, 4) is 17.1 Å². The topological polar surface area (TPSA) is 77.5 Å². The molecule has 0 atom stereocenters. The minimum absolute atomic E-state index is 0.569. The lowest BCUT2D eigenvalue weighted by molar-refractivity contribution is 0.398. The number of nitrogens with zero attached hydrogens (tertiary/aromatic N) is 4. The molecule has 0 bridgehead atoms. The summed E-state index contributed by atoms with van der Waals surface area (Å²) in [4.78, 5) is 8.62. The minimum Gasteiger partial charge on any atom is -0.481 e. The minimum atomic E-state index is 0.569. The molecule has 4 aromatic rings. The van der Waals surface area contributed by atoms with Crippen LogP contribution >= 0.6 is 0 Å². The summed E-state index contributed by atoms with van der Waals surface area (Å²) in [6.45, 7) is 0.569. The lowest BCUT2D eigenvalue weighted by Gasteiger charge is -2.06. The number of pyridine rings is 1. The molecule has 24 heavy (non-hydrogen) atoms. The molecule has 0 radical (unpaired) electrons. The molecule has 0 aliphatic rings. The summed E-state index contributed by atoms with van der Waals surface area (Å²) < 4.78 is 12.2. The number of hydrogen-bond acceptors (Lipinski definition) is 6. The standard InChI is InChI=1S/C17H15N5O2/c1-23-17-7-4-12(9-20-17)14-11-19-16-6-5-15(21-22(14)16)18-10-13-3-2-8-24-13/h2-9,11H,10H2,1H3,(H,18,21). The van der Waals surface area contributed by atoms with Crippen LogP contribution in [0.3, 0.4) is 0 Å². The van der Waals surface area contributed by atoms with Crippen molar-refractivity contribution in [1.29, 1.82) is 0 Å². The molecule has 0 aromatic carbocycles. The summed E-state index contributed by atoms with van der Waals surface area (Å²) >= 11 is 0. The molecule has 4 heterocycles. The smallest absolute Gasteiger partial charge is 0.212 e. The lowest BCUT2D eigenvalue weighted by atomic mass is 10.2. The van der Waals surface area contributed by atoms with E-state index in [-0.39, 0.29) is 0 Å². The van der Waals surface area contributed by atoms with Gasteiger partial charge in [-0.15, -0.1) is 5.10 Å². The average molecular weight is 321 g/mol. The van der Waals surface area contributed by atoms with Crippen LogP contribution in [0.15, 0.2) is 59.5 Å². The highest BCUT2D eigenvalue weighted by Gasteiger charge is 2.09. The first kappa shape index (κ1) is 14.3. The highest BCUT2D eigenvalue weighted by molar-refractivity contribution is 5.63. The van der Waals surface area contributed by atoms with Crippen molar-refractivity contribution in [2.24, 2.45) is 0 Å². The lowest BCUT2D eigenvalue weighted by Crippen LogP contribution is -2.04. The molecule has 0 unspecified atom stereocenters. The number of methoxy groups -OCH3 is 1. The molecule has 120 valence electrons. The Labute approximate surface area is 137 Å². The summed E-state index contributed by atoms with van der Waals surface area (Å²) in [6, 6.07) is 11.3. The first-order valence-electron chi connectivity index (χ1n) is 7.45. The van der Waals surface area contributed by atoms with E-state index >= 15 is 0 Å². The molecule has 4 rings (SSSR count). The summed E-state index contributed by atoms with van der Waals surface area (Å²) in [7, 11) is 1.59. The van der Waals surface area contributed by atoms with E-state index in [1.807, 2.05) is 36.4 Å². The van der Waals surface area contributed by atoms with Crippen LogP contribution in [0.5, 0.6) is 5.88 Å². The van der Waals surface area contributed by atoms with Crippen LogP contribution in [0, 0.1) is 0 Å². The van der Waals surface area contributed by atoms with E-state index in [2.05, 4.69) is 20.4 Å². The highest BCUT2D eigenvalue weighted by atomic mass is 16.5. The zero-order valence-corrected chi connectivity index (χ0v) is 13.0. The number of aromatic nitrogens is 4. The van der Waals surface area contributed by atoms with Crippen LogP contribution < -0.4 is 10.1 Å². The van der Waals surface area contributed by atoms with E-state index in [0.29, 0.717) is 12.4 Å². The Balaban J connectivity index is 1.64. The normalized spacial score (nSPS) is 10.9. The van der Waals surface area contributed by atoms with Gasteiger partial charge in [0.05, 0.1) is 31.8 Å². The highest BCUT2D eigenvalue weighted by Crippen LogP contribution is 2.21. The van der Waals surface area contributed by atoms with Gasteiger partial charge in [0, 0.05) is 17.8 Å². The van der Waals surface area contributed by atoms with Crippen molar-refractivity contribution in [3.05, 3.63) is 60.8 Å². The molecule has 0 aliphatic carbocycles. The molecule has 0 saturated carbocycles. The maximum absolute atomic E-state index is 5.31. The van der Waals surface area contributed by atoms with Crippen molar-refractivity contribution in [2.45, 2.75) is 6.54 Å². The van der Waals surface area contributed by atoms with Crippen LogP contribution in [0.25, 0.3) is 16.9 Å². The number of anilines is 1. The van der Waals surface area contributed by atoms with Crippen LogP contribution in [0.1, 0.15) is 5.76 Å². The van der Waals surface area contributed by atoms with Gasteiger partial charge in [-0.3, -0.25) is 0 Å². The van der Waals surface area contributed by atoms with Crippen molar-refractivity contribution in [2.75, 3.05) is 12.4 Å². The SMILES string of the molecule is COc1ccc(-c2cnc3ccc(NCc4ccco4)nn23)cn1. The molecule has 0 aliphatic heterocycles. The van der Waals surface area contributed by atoms with Crippen molar-refractivity contribution < 1.29 is 9.15 Å². The Morgan fingerprint density at radius 1 is 1.12 bits per heavy atom. The quantitative estimate of drug-likeness (QED) is 0.609. The number of fused-ring (bicyclic) bond motifs is 1. The Morgan fingerprint density at radius 2 is 2.08 bits per heavy atom. The van der Waals surface area contributed by atoms with Gasteiger partial charge in [-0.25, -0.2) is 14.5 Å². The maximum Gasteiger partial charge on any atom is 0.212 e. The van der Waals surface area contributed by atoms with E-state index in [0.717, 1.165) is 28.5 Å². The van der Waals surface area contributed by atoms with Gasteiger partial charge < -0.3 is 14.5 Å². The first-order valence-corrected chi connectivity index (χ1v) is 7.45. The summed E-state index contributed by atoms with van der Waals surface area (Å²) in [5.74, 6) is 2.16. The molecule has 0 saturated heterocycles. The third-order valence-corrected chi connectivity index (χ3v) is 3.63. The van der Waals surface area contributed by atoms with Gasteiger partial charge >= 0.3 is 0 Å². The second-order valence-corrected chi connectivity index (χ2v) is 5.15. The molecule has 0 spiro atoms. The van der Waals surface area contributed by atoms with Gasteiger partial charge in [0.25, 0.3) is 0 Å². The van der Waals surface area contributed by atoms with Gasteiger partial charge in [-0.2, -0.15) is 0 Å². The molecular weight excluding hydrogens is 306 g/mol. The molecule has 1 N–H and O–H groups in total. The first-order chi connectivity index (χ1) is 11.8. The Morgan fingerprint density at radius 3 is 2.83 bits per heavy atom. The largest absolute Gasteiger partial charge is 0.481 e. The molecule has 7 nitrogen and oxygen atoms in total. The molecule has 4 aromatic heterocycles. The number of ether oxygens (including phenoxy) is 1.